The zero-order chi connectivity index (χ0) is 20.9. The first-order chi connectivity index (χ1) is 14.6. The van der Waals surface area contributed by atoms with Gasteiger partial charge in [-0.1, -0.05) is 41.9 Å². The van der Waals surface area contributed by atoms with E-state index >= 15 is 0 Å². The van der Waals surface area contributed by atoms with Crippen molar-refractivity contribution in [2.75, 3.05) is 13.2 Å². The van der Waals surface area contributed by atoms with Gasteiger partial charge in [0, 0.05) is 11.6 Å². The summed E-state index contributed by atoms with van der Waals surface area (Å²) in [6.07, 6.45) is 8.73. The summed E-state index contributed by atoms with van der Waals surface area (Å²) in [6, 6.07) is 16.4. The number of unbranched alkanes of at least 4 members (excludes halogenated alkanes) is 1. The molecule has 2 aliphatic rings. The SMILES string of the molecule is O=C(Cl)C1C=CN1CC1=C(Cl)c2ccc(OCCCCc3ccccc3)cc2CC1. The van der Waals surface area contributed by atoms with Gasteiger partial charge in [0.25, 0.3) is 0 Å². The second kappa shape index (κ2) is 9.72. The van der Waals surface area contributed by atoms with Gasteiger partial charge in [0.15, 0.2) is 0 Å². The van der Waals surface area contributed by atoms with E-state index in [1.165, 1.54) is 11.1 Å². The van der Waals surface area contributed by atoms with E-state index in [2.05, 4.69) is 30.3 Å². The van der Waals surface area contributed by atoms with Crippen LogP contribution in [0.5, 0.6) is 5.75 Å². The van der Waals surface area contributed by atoms with Crippen LogP contribution in [-0.2, 0) is 17.6 Å². The fraction of sp³-hybridized carbons (Fsp3) is 0.320. The lowest BCUT2D eigenvalue weighted by Gasteiger charge is -2.35. The quantitative estimate of drug-likeness (QED) is 0.355. The van der Waals surface area contributed by atoms with Crippen LogP contribution in [0.1, 0.15) is 36.0 Å². The van der Waals surface area contributed by atoms with Crippen molar-refractivity contribution in [3.63, 3.8) is 0 Å². The molecule has 1 unspecified atom stereocenters. The lowest BCUT2D eigenvalue weighted by Crippen LogP contribution is -2.42. The minimum atomic E-state index is -0.351. The maximum Gasteiger partial charge on any atom is 0.248 e. The third-order valence-electron chi connectivity index (χ3n) is 5.71. The van der Waals surface area contributed by atoms with Crippen molar-refractivity contribution in [3.05, 3.63) is 83.1 Å². The van der Waals surface area contributed by atoms with Crippen molar-refractivity contribution in [1.29, 1.82) is 0 Å². The fourth-order valence-electron chi connectivity index (χ4n) is 3.95. The molecular formula is C25H25Cl2NO2. The first-order valence-electron chi connectivity index (χ1n) is 10.4. The van der Waals surface area contributed by atoms with Gasteiger partial charge < -0.3 is 9.64 Å². The number of hydrogen-bond acceptors (Lipinski definition) is 3. The van der Waals surface area contributed by atoms with Crippen LogP contribution >= 0.6 is 23.2 Å². The van der Waals surface area contributed by atoms with E-state index in [-0.39, 0.29) is 11.3 Å². The smallest absolute Gasteiger partial charge is 0.248 e. The molecule has 0 fully saturated rings. The topological polar surface area (TPSA) is 29.5 Å². The van der Waals surface area contributed by atoms with Gasteiger partial charge in [-0.3, -0.25) is 4.79 Å². The zero-order valence-electron chi connectivity index (χ0n) is 16.8. The number of halogens is 2. The van der Waals surface area contributed by atoms with E-state index in [1.54, 1.807) is 0 Å². The highest BCUT2D eigenvalue weighted by Gasteiger charge is 2.28. The maximum atomic E-state index is 11.4. The van der Waals surface area contributed by atoms with Gasteiger partial charge in [0.1, 0.15) is 11.8 Å². The number of fused-ring (bicyclic) bond motifs is 1. The number of ether oxygens (including phenoxy) is 1. The van der Waals surface area contributed by atoms with Gasteiger partial charge in [-0.2, -0.15) is 0 Å². The van der Waals surface area contributed by atoms with Gasteiger partial charge in [0.2, 0.25) is 5.24 Å². The Kier molecular flexibility index (Phi) is 6.81. The second-order valence-corrected chi connectivity index (χ2v) is 8.54. The van der Waals surface area contributed by atoms with Crippen LogP contribution in [0.15, 0.2) is 66.4 Å². The highest BCUT2D eigenvalue weighted by atomic mass is 35.5. The molecule has 0 spiro atoms. The summed E-state index contributed by atoms with van der Waals surface area (Å²) in [5.41, 5.74) is 4.80. The van der Waals surface area contributed by atoms with Crippen LogP contribution in [0.2, 0.25) is 0 Å². The molecular weight excluding hydrogens is 417 g/mol. The molecule has 0 radical (unpaired) electrons. The molecule has 4 rings (SSSR count). The number of aryl methyl sites for hydroxylation is 2. The monoisotopic (exact) mass is 441 g/mol. The van der Waals surface area contributed by atoms with Crippen molar-refractivity contribution < 1.29 is 9.53 Å². The van der Waals surface area contributed by atoms with Crippen LogP contribution < -0.4 is 4.74 Å². The summed E-state index contributed by atoms with van der Waals surface area (Å²) in [4.78, 5) is 13.3. The second-order valence-electron chi connectivity index (χ2n) is 7.79. The third kappa shape index (κ3) is 4.91. The summed E-state index contributed by atoms with van der Waals surface area (Å²) in [6.45, 7) is 1.35. The van der Waals surface area contributed by atoms with Crippen LogP contribution in [-0.4, -0.2) is 29.3 Å². The fourth-order valence-corrected chi connectivity index (χ4v) is 4.49. The molecule has 1 aliphatic heterocycles. The average molecular weight is 442 g/mol. The van der Waals surface area contributed by atoms with E-state index in [0.29, 0.717) is 6.54 Å². The van der Waals surface area contributed by atoms with Crippen molar-refractivity contribution >= 4 is 33.5 Å². The number of carbonyl (C=O) groups excluding carboxylic acids is 1. The van der Waals surface area contributed by atoms with E-state index in [0.717, 1.165) is 60.6 Å². The lowest BCUT2D eigenvalue weighted by molar-refractivity contribution is -0.115. The van der Waals surface area contributed by atoms with E-state index < -0.39 is 0 Å². The molecule has 2 aromatic rings. The Balaban J connectivity index is 1.30. The number of carbonyl (C=O) groups is 1. The molecule has 0 bridgehead atoms. The largest absolute Gasteiger partial charge is 0.494 e. The summed E-state index contributed by atoms with van der Waals surface area (Å²) < 4.78 is 5.97. The minimum absolute atomic E-state index is 0.331. The molecule has 0 N–H and O–H groups in total. The van der Waals surface area contributed by atoms with Crippen LogP contribution in [0.25, 0.3) is 5.03 Å². The Morgan fingerprint density at radius 3 is 2.67 bits per heavy atom. The van der Waals surface area contributed by atoms with Gasteiger partial charge in [-0.25, -0.2) is 0 Å². The minimum Gasteiger partial charge on any atom is -0.494 e. The standard InChI is InChI=1S/C25H25Cl2NO2/c26-24-20(17-28-14-13-23(28)25(27)29)10-9-19-16-21(11-12-22(19)24)30-15-5-4-8-18-6-2-1-3-7-18/h1-3,6-7,11-14,16,23H,4-5,8-10,15,17H2. The number of hydrogen-bond donors (Lipinski definition) is 0. The Hall–Kier alpha value is -2.23. The van der Waals surface area contributed by atoms with Crippen molar-refractivity contribution in [3.8, 4) is 5.75 Å². The predicted molar refractivity (Wildman–Crippen MR) is 123 cm³/mol. The first kappa shape index (κ1) is 21.0. The Morgan fingerprint density at radius 2 is 1.93 bits per heavy atom. The number of benzene rings is 2. The van der Waals surface area contributed by atoms with E-state index in [1.807, 2.05) is 35.4 Å². The normalized spacial score (nSPS) is 17.5. The molecule has 30 heavy (non-hydrogen) atoms. The van der Waals surface area contributed by atoms with Crippen molar-refractivity contribution in [2.24, 2.45) is 0 Å². The molecule has 2 aromatic carbocycles. The molecule has 5 heteroatoms. The Bertz CT molecular complexity index is 968. The van der Waals surface area contributed by atoms with Gasteiger partial charge in [0.05, 0.1) is 6.61 Å². The first-order valence-corrected chi connectivity index (χ1v) is 11.2. The highest BCUT2D eigenvalue weighted by molar-refractivity contribution is 6.65. The molecule has 1 aliphatic carbocycles. The Labute approximate surface area is 187 Å². The lowest BCUT2D eigenvalue weighted by atomic mass is 9.91. The van der Waals surface area contributed by atoms with Gasteiger partial charge in [-0.15, -0.1) is 0 Å². The molecule has 0 aromatic heterocycles. The zero-order valence-corrected chi connectivity index (χ0v) is 18.3. The molecule has 0 saturated heterocycles. The van der Waals surface area contributed by atoms with Crippen LogP contribution in [0, 0.1) is 0 Å². The molecule has 1 heterocycles. The summed E-state index contributed by atoms with van der Waals surface area (Å²) in [5.74, 6) is 0.903. The molecule has 3 nitrogen and oxygen atoms in total. The molecule has 1 atom stereocenters. The summed E-state index contributed by atoms with van der Waals surface area (Å²) >= 11 is 12.3. The summed E-state index contributed by atoms with van der Waals surface area (Å²) in [5, 5.41) is 0.433. The van der Waals surface area contributed by atoms with Gasteiger partial charge in [-0.05, 0) is 96.4 Å². The van der Waals surface area contributed by atoms with E-state index in [4.69, 9.17) is 27.9 Å². The average Bonchev–Trinajstić information content (AvgIpc) is 2.72. The van der Waals surface area contributed by atoms with Crippen molar-refractivity contribution in [2.45, 2.75) is 38.1 Å². The summed E-state index contributed by atoms with van der Waals surface area (Å²) in [7, 11) is 0. The van der Waals surface area contributed by atoms with Gasteiger partial charge >= 0.3 is 0 Å². The third-order valence-corrected chi connectivity index (χ3v) is 6.41. The maximum absolute atomic E-state index is 11.4. The molecule has 156 valence electrons. The van der Waals surface area contributed by atoms with Crippen LogP contribution in [0.3, 0.4) is 0 Å². The Morgan fingerprint density at radius 1 is 1.10 bits per heavy atom. The molecule has 0 saturated carbocycles. The highest BCUT2D eigenvalue weighted by Crippen LogP contribution is 2.37. The van der Waals surface area contributed by atoms with Crippen molar-refractivity contribution in [1.82, 2.24) is 4.90 Å². The number of nitrogens with zero attached hydrogens (tertiary/aromatic N) is 1. The molecule has 0 amide bonds. The number of rotatable bonds is 9. The van der Waals surface area contributed by atoms with E-state index in [9.17, 15) is 4.79 Å². The van der Waals surface area contributed by atoms with Crippen LogP contribution in [0.4, 0.5) is 0 Å². The predicted octanol–water partition coefficient (Wildman–Crippen LogP) is 5.95.